The number of hydrogen-bond donors (Lipinski definition) is 1. The molecular formula is C19H30F2IN3O3. The van der Waals surface area contributed by atoms with E-state index >= 15 is 0 Å². The standard InChI is InChI=1S/C19H29F2N3O3.HI/c1-22-19(23-8-13-27-16-4-5-17(20)18(21)14-16)24-9-6-15(7-10-24)26-12-3-11-25-2;/h4-5,14-15H,3,6-13H2,1-2H3,(H,22,23);1H. The van der Waals surface area contributed by atoms with Gasteiger partial charge in [-0.1, -0.05) is 0 Å². The van der Waals surface area contributed by atoms with Gasteiger partial charge in [0.05, 0.1) is 12.6 Å². The Morgan fingerprint density at radius 1 is 1.18 bits per heavy atom. The van der Waals surface area contributed by atoms with Gasteiger partial charge in [0.1, 0.15) is 12.4 Å². The molecule has 1 aromatic carbocycles. The van der Waals surface area contributed by atoms with Crippen LogP contribution in [0.2, 0.25) is 0 Å². The number of methoxy groups -OCH3 is 1. The van der Waals surface area contributed by atoms with Crippen molar-refractivity contribution in [2.75, 3.05) is 53.6 Å². The van der Waals surface area contributed by atoms with E-state index in [1.54, 1.807) is 14.2 Å². The van der Waals surface area contributed by atoms with Crippen molar-refractivity contribution < 1.29 is 23.0 Å². The lowest BCUT2D eigenvalue weighted by Gasteiger charge is -2.34. The van der Waals surface area contributed by atoms with Gasteiger partial charge < -0.3 is 24.4 Å². The fraction of sp³-hybridized carbons (Fsp3) is 0.632. The number of guanidine groups is 1. The highest BCUT2D eigenvalue weighted by Crippen LogP contribution is 2.16. The number of piperidine rings is 1. The fourth-order valence-corrected chi connectivity index (χ4v) is 2.92. The molecule has 160 valence electrons. The second-order valence-corrected chi connectivity index (χ2v) is 6.30. The first-order valence-electron chi connectivity index (χ1n) is 9.28. The molecule has 1 aliphatic heterocycles. The minimum absolute atomic E-state index is 0. The molecule has 0 saturated carbocycles. The van der Waals surface area contributed by atoms with Gasteiger partial charge in [-0.25, -0.2) is 8.78 Å². The van der Waals surface area contributed by atoms with Gasteiger partial charge >= 0.3 is 0 Å². The van der Waals surface area contributed by atoms with Gasteiger partial charge in [-0.05, 0) is 31.4 Å². The highest BCUT2D eigenvalue weighted by molar-refractivity contribution is 14.0. The number of aliphatic imine (C=N–C) groups is 1. The Balaban J connectivity index is 0.00000392. The predicted octanol–water partition coefficient (Wildman–Crippen LogP) is 3.05. The van der Waals surface area contributed by atoms with Crippen LogP contribution in [-0.4, -0.2) is 70.6 Å². The SMILES string of the molecule is CN=C(NCCOc1ccc(F)c(F)c1)N1CCC(OCCCOC)CC1.I. The van der Waals surface area contributed by atoms with E-state index in [0.29, 0.717) is 18.9 Å². The van der Waals surface area contributed by atoms with Crippen LogP contribution in [0.1, 0.15) is 19.3 Å². The molecule has 0 unspecified atom stereocenters. The number of rotatable bonds is 9. The molecule has 1 heterocycles. The van der Waals surface area contributed by atoms with Crippen LogP contribution in [0.5, 0.6) is 5.75 Å². The van der Waals surface area contributed by atoms with Crippen molar-refractivity contribution in [1.29, 1.82) is 0 Å². The maximum Gasteiger partial charge on any atom is 0.193 e. The molecule has 1 aromatic rings. The summed E-state index contributed by atoms with van der Waals surface area (Å²) >= 11 is 0. The maximum atomic E-state index is 13.1. The second-order valence-electron chi connectivity index (χ2n) is 6.30. The van der Waals surface area contributed by atoms with Crippen LogP contribution in [0.25, 0.3) is 0 Å². The Kier molecular flexibility index (Phi) is 12.3. The summed E-state index contributed by atoms with van der Waals surface area (Å²) in [7, 11) is 3.44. The number of ether oxygens (including phenoxy) is 3. The molecule has 0 aromatic heterocycles. The average molecular weight is 513 g/mol. The van der Waals surface area contributed by atoms with Crippen LogP contribution in [0, 0.1) is 11.6 Å². The molecule has 1 fully saturated rings. The van der Waals surface area contributed by atoms with Crippen LogP contribution in [-0.2, 0) is 9.47 Å². The summed E-state index contributed by atoms with van der Waals surface area (Å²) in [6, 6.07) is 3.50. The summed E-state index contributed by atoms with van der Waals surface area (Å²) in [5.74, 6) is -0.686. The topological polar surface area (TPSA) is 55.3 Å². The van der Waals surface area contributed by atoms with Crippen molar-refractivity contribution in [1.82, 2.24) is 10.2 Å². The lowest BCUT2D eigenvalue weighted by atomic mass is 10.1. The molecule has 0 atom stereocenters. The van der Waals surface area contributed by atoms with Gasteiger partial charge in [-0.3, -0.25) is 4.99 Å². The van der Waals surface area contributed by atoms with Gasteiger partial charge in [-0.2, -0.15) is 0 Å². The van der Waals surface area contributed by atoms with Crippen LogP contribution in [0.15, 0.2) is 23.2 Å². The zero-order valence-corrected chi connectivity index (χ0v) is 18.8. The van der Waals surface area contributed by atoms with Gasteiger partial charge in [-0.15, -0.1) is 24.0 Å². The van der Waals surface area contributed by atoms with Crippen molar-refractivity contribution in [2.45, 2.75) is 25.4 Å². The first-order chi connectivity index (χ1) is 13.1. The summed E-state index contributed by atoms with van der Waals surface area (Å²) in [5, 5.41) is 3.24. The zero-order valence-electron chi connectivity index (χ0n) is 16.5. The first-order valence-corrected chi connectivity index (χ1v) is 9.28. The molecule has 1 N–H and O–H groups in total. The molecule has 0 bridgehead atoms. The van der Waals surface area contributed by atoms with Gasteiger partial charge in [0.25, 0.3) is 0 Å². The number of nitrogens with zero attached hydrogens (tertiary/aromatic N) is 2. The number of nitrogens with one attached hydrogen (secondary N) is 1. The number of halogens is 3. The van der Waals surface area contributed by atoms with Crippen LogP contribution in [0.3, 0.4) is 0 Å². The monoisotopic (exact) mass is 513 g/mol. The van der Waals surface area contributed by atoms with Crippen molar-refractivity contribution >= 4 is 29.9 Å². The van der Waals surface area contributed by atoms with E-state index < -0.39 is 11.6 Å². The molecule has 6 nitrogen and oxygen atoms in total. The van der Waals surface area contributed by atoms with Crippen molar-refractivity contribution in [3.8, 4) is 5.75 Å². The Hall–Kier alpha value is -1.20. The van der Waals surface area contributed by atoms with Crippen molar-refractivity contribution in [2.24, 2.45) is 4.99 Å². The lowest BCUT2D eigenvalue weighted by Crippen LogP contribution is -2.47. The Morgan fingerprint density at radius 2 is 1.93 bits per heavy atom. The second kappa shape index (κ2) is 13.9. The molecule has 1 aliphatic rings. The molecule has 9 heteroatoms. The number of benzene rings is 1. The van der Waals surface area contributed by atoms with Crippen molar-refractivity contribution in [3.63, 3.8) is 0 Å². The summed E-state index contributed by atoms with van der Waals surface area (Å²) in [6.07, 6.45) is 3.11. The lowest BCUT2D eigenvalue weighted by molar-refractivity contribution is 0.00989. The molecule has 28 heavy (non-hydrogen) atoms. The van der Waals surface area contributed by atoms with E-state index in [9.17, 15) is 8.78 Å². The Bertz CT molecular complexity index is 600. The van der Waals surface area contributed by atoms with Crippen LogP contribution < -0.4 is 10.1 Å². The third-order valence-corrected chi connectivity index (χ3v) is 4.34. The van der Waals surface area contributed by atoms with Gasteiger partial charge in [0, 0.05) is 46.5 Å². The molecule has 2 rings (SSSR count). The molecule has 0 radical (unpaired) electrons. The minimum Gasteiger partial charge on any atom is -0.492 e. The average Bonchev–Trinajstić information content (AvgIpc) is 2.69. The summed E-state index contributed by atoms with van der Waals surface area (Å²) in [5.41, 5.74) is 0. The quantitative estimate of drug-likeness (QED) is 0.238. The largest absolute Gasteiger partial charge is 0.492 e. The third kappa shape index (κ3) is 8.44. The maximum absolute atomic E-state index is 13.1. The minimum atomic E-state index is -0.913. The Morgan fingerprint density at radius 3 is 2.57 bits per heavy atom. The van der Waals surface area contributed by atoms with E-state index in [-0.39, 0.29) is 30.1 Å². The fourth-order valence-electron chi connectivity index (χ4n) is 2.92. The molecular weight excluding hydrogens is 483 g/mol. The van der Waals surface area contributed by atoms with E-state index in [1.165, 1.54) is 6.07 Å². The van der Waals surface area contributed by atoms with E-state index in [0.717, 1.165) is 63.7 Å². The smallest absolute Gasteiger partial charge is 0.193 e. The molecule has 0 spiro atoms. The van der Waals surface area contributed by atoms with Crippen LogP contribution in [0.4, 0.5) is 8.78 Å². The normalized spacial score (nSPS) is 15.3. The van der Waals surface area contributed by atoms with E-state index in [2.05, 4.69) is 15.2 Å². The Labute approximate surface area is 182 Å². The number of likely N-dealkylation sites (tertiary alicyclic amines) is 1. The summed E-state index contributed by atoms with van der Waals surface area (Å²) in [6.45, 7) is 4.04. The highest BCUT2D eigenvalue weighted by Gasteiger charge is 2.21. The zero-order chi connectivity index (χ0) is 19.5. The van der Waals surface area contributed by atoms with Gasteiger partial charge in [0.15, 0.2) is 17.6 Å². The summed E-state index contributed by atoms with van der Waals surface area (Å²) < 4.78 is 42.4. The first kappa shape index (κ1) is 24.8. The highest BCUT2D eigenvalue weighted by atomic mass is 127. The summed E-state index contributed by atoms with van der Waals surface area (Å²) in [4.78, 5) is 6.49. The van der Waals surface area contributed by atoms with E-state index in [4.69, 9.17) is 14.2 Å². The van der Waals surface area contributed by atoms with Crippen molar-refractivity contribution in [3.05, 3.63) is 29.8 Å². The van der Waals surface area contributed by atoms with Crippen LogP contribution >= 0.6 is 24.0 Å². The predicted molar refractivity (Wildman–Crippen MR) is 116 cm³/mol. The molecule has 1 saturated heterocycles. The number of hydrogen-bond acceptors (Lipinski definition) is 4. The molecule has 0 amide bonds. The van der Waals surface area contributed by atoms with E-state index in [1.807, 2.05) is 0 Å². The third-order valence-electron chi connectivity index (χ3n) is 4.34. The molecule has 0 aliphatic carbocycles. The van der Waals surface area contributed by atoms with Gasteiger partial charge in [0.2, 0.25) is 0 Å².